The van der Waals surface area contributed by atoms with Gasteiger partial charge in [-0.1, -0.05) is 12.1 Å². The molecule has 1 amide bonds. The van der Waals surface area contributed by atoms with Gasteiger partial charge in [-0.05, 0) is 17.7 Å². The molecule has 0 atom stereocenters. The molecule has 0 radical (unpaired) electrons. The van der Waals surface area contributed by atoms with Crippen molar-refractivity contribution in [1.82, 2.24) is 14.9 Å². The zero-order valence-corrected chi connectivity index (χ0v) is 9.55. The van der Waals surface area contributed by atoms with E-state index < -0.39 is 0 Å². The molecule has 88 valence electrons. The van der Waals surface area contributed by atoms with Crippen molar-refractivity contribution in [3.05, 3.63) is 48.0 Å². The third kappa shape index (κ3) is 2.84. The van der Waals surface area contributed by atoms with Crippen LogP contribution in [0.2, 0.25) is 0 Å². The summed E-state index contributed by atoms with van der Waals surface area (Å²) < 4.78 is 1.73. The van der Waals surface area contributed by atoms with Gasteiger partial charge in [0.05, 0.1) is 6.33 Å². The number of amides is 1. The van der Waals surface area contributed by atoms with Crippen LogP contribution in [0.1, 0.15) is 16.1 Å². The van der Waals surface area contributed by atoms with E-state index in [0.717, 1.165) is 5.56 Å². The molecule has 0 bridgehead atoms. The fraction of sp³-hybridized carbons (Fsp3) is 0.167. The number of benzene rings is 1. The maximum absolute atomic E-state index is 11.7. The first-order chi connectivity index (χ1) is 8.15. The zero-order chi connectivity index (χ0) is 12.3. The van der Waals surface area contributed by atoms with Gasteiger partial charge < -0.3 is 15.6 Å². The van der Waals surface area contributed by atoms with Gasteiger partial charge in [0.15, 0.2) is 0 Å². The lowest BCUT2D eigenvalue weighted by atomic mass is 10.2. The van der Waals surface area contributed by atoms with E-state index in [9.17, 15) is 4.79 Å². The summed E-state index contributed by atoms with van der Waals surface area (Å²) in [5, 5.41) is 2.79. The molecule has 2 rings (SSSR count). The molecule has 0 saturated carbocycles. The van der Waals surface area contributed by atoms with E-state index in [1.807, 2.05) is 31.3 Å². The van der Waals surface area contributed by atoms with Crippen molar-refractivity contribution in [3.63, 3.8) is 0 Å². The molecule has 5 heteroatoms. The number of nitrogen functional groups attached to an aromatic ring is 1. The van der Waals surface area contributed by atoms with Gasteiger partial charge in [-0.3, -0.25) is 4.79 Å². The van der Waals surface area contributed by atoms with E-state index in [-0.39, 0.29) is 5.91 Å². The first kappa shape index (κ1) is 11.2. The number of nitrogens with two attached hydrogens (primary N) is 1. The van der Waals surface area contributed by atoms with Gasteiger partial charge in [-0.2, -0.15) is 0 Å². The predicted octanol–water partition coefficient (Wildman–Crippen LogP) is 0.932. The van der Waals surface area contributed by atoms with E-state index in [2.05, 4.69) is 10.3 Å². The van der Waals surface area contributed by atoms with Crippen LogP contribution in [-0.4, -0.2) is 15.5 Å². The number of carbonyl (C=O) groups excluding carboxylic acids is 1. The van der Waals surface area contributed by atoms with Gasteiger partial charge in [0, 0.05) is 25.5 Å². The highest BCUT2D eigenvalue weighted by Crippen LogP contribution is 2.05. The Bertz CT molecular complexity index is 516. The Morgan fingerprint density at radius 1 is 1.41 bits per heavy atom. The topological polar surface area (TPSA) is 72.9 Å². The maximum Gasteiger partial charge on any atom is 0.271 e. The molecule has 0 fully saturated rings. The fourth-order valence-electron chi connectivity index (χ4n) is 1.44. The van der Waals surface area contributed by atoms with Crippen molar-refractivity contribution in [2.45, 2.75) is 6.54 Å². The summed E-state index contributed by atoms with van der Waals surface area (Å²) in [6, 6.07) is 7.38. The van der Waals surface area contributed by atoms with Crippen molar-refractivity contribution in [3.8, 4) is 0 Å². The Morgan fingerprint density at radius 2 is 2.12 bits per heavy atom. The monoisotopic (exact) mass is 230 g/mol. The van der Waals surface area contributed by atoms with Crippen LogP contribution in [0.5, 0.6) is 0 Å². The number of hydrogen-bond donors (Lipinski definition) is 2. The number of aryl methyl sites for hydroxylation is 1. The number of nitrogens with zero attached hydrogens (tertiary/aromatic N) is 2. The molecule has 17 heavy (non-hydrogen) atoms. The molecule has 0 spiro atoms. The third-order valence-corrected chi connectivity index (χ3v) is 2.37. The number of aromatic nitrogens is 2. The van der Waals surface area contributed by atoms with Crippen LogP contribution in [0.25, 0.3) is 0 Å². The van der Waals surface area contributed by atoms with Crippen molar-refractivity contribution in [1.29, 1.82) is 0 Å². The normalized spacial score (nSPS) is 10.2. The zero-order valence-electron chi connectivity index (χ0n) is 9.55. The number of nitrogens with one attached hydrogen (secondary N) is 1. The van der Waals surface area contributed by atoms with Crippen LogP contribution in [0.3, 0.4) is 0 Å². The second kappa shape index (κ2) is 4.69. The lowest BCUT2D eigenvalue weighted by Gasteiger charge is -2.03. The SMILES string of the molecule is Cn1cnc(C(=O)NCc2ccc(N)cc2)c1. The Morgan fingerprint density at radius 3 is 2.71 bits per heavy atom. The quantitative estimate of drug-likeness (QED) is 0.770. The van der Waals surface area contributed by atoms with Gasteiger partial charge in [-0.25, -0.2) is 4.98 Å². The smallest absolute Gasteiger partial charge is 0.271 e. The molecule has 0 aliphatic rings. The molecule has 1 heterocycles. The minimum absolute atomic E-state index is 0.178. The summed E-state index contributed by atoms with van der Waals surface area (Å²) in [6.45, 7) is 0.468. The van der Waals surface area contributed by atoms with Gasteiger partial charge in [0.25, 0.3) is 5.91 Å². The van der Waals surface area contributed by atoms with Crippen LogP contribution in [0.15, 0.2) is 36.8 Å². The van der Waals surface area contributed by atoms with E-state index in [1.54, 1.807) is 17.1 Å². The molecule has 2 aromatic rings. The average molecular weight is 230 g/mol. The minimum atomic E-state index is -0.178. The highest BCUT2D eigenvalue weighted by molar-refractivity contribution is 5.91. The van der Waals surface area contributed by atoms with Gasteiger partial charge >= 0.3 is 0 Å². The van der Waals surface area contributed by atoms with Crippen molar-refractivity contribution < 1.29 is 4.79 Å². The van der Waals surface area contributed by atoms with Crippen molar-refractivity contribution in [2.24, 2.45) is 7.05 Å². The summed E-state index contributed by atoms with van der Waals surface area (Å²) in [5.41, 5.74) is 7.71. The first-order valence-electron chi connectivity index (χ1n) is 5.26. The average Bonchev–Trinajstić information content (AvgIpc) is 2.75. The third-order valence-electron chi connectivity index (χ3n) is 2.37. The standard InChI is InChI=1S/C12H14N4O/c1-16-7-11(15-8-16)12(17)14-6-9-2-4-10(13)5-3-9/h2-5,7-8H,6,13H2,1H3,(H,14,17). The molecule has 0 aliphatic heterocycles. The summed E-state index contributed by atoms with van der Waals surface area (Å²) in [5.74, 6) is -0.178. The molecule has 3 N–H and O–H groups in total. The molecular weight excluding hydrogens is 216 g/mol. The lowest BCUT2D eigenvalue weighted by Crippen LogP contribution is -2.23. The van der Waals surface area contributed by atoms with Gasteiger partial charge in [0.2, 0.25) is 0 Å². The van der Waals surface area contributed by atoms with E-state index in [0.29, 0.717) is 17.9 Å². The maximum atomic E-state index is 11.7. The summed E-state index contributed by atoms with van der Waals surface area (Å²) in [7, 11) is 1.82. The summed E-state index contributed by atoms with van der Waals surface area (Å²) in [4.78, 5) is 15.7. The number of imidazole rings is 1. The Hall–Kier alpha value is -2.30. The van der Waals surface area contributed by atoms with Crippen molar-refractivity contribution >= 4 is 11.6 Å². The molecule has 0 unspecified atom stereocenters. The van der Waals surface area contributed by atoms with Crippen LogP contribution in [0, 0.1) is 0 Å². The second-order valence-corrected chi connectivity index (χ2v) is 3.85. The number of rotatable bonds is 3. The Kier molecular flexibility index (Phi) is 3.09. The highest BCUT2D eigenvalue weighted by atomic mass is 16.1. The minimum Gasteiger partial charge on any atom is -0.399 e. The Balaban J connectivity index is 1.94. The predicted molar refractivity (Wildman–Crippen MR) is 65.2 cm³/mol. The number of carbonyl (C=O) groups is 1. The van der Waals surface area contributed by atoms with Crippen LogP contribution in [0.4, 0.5) is 5.69 Å². The number of hydrogen-bond acceptors (Lipinski definition) is 3. The highest BCUT2D eigenvalue weighted by Gasteiger charge is 2.07. The van der Waals surface area contributed by atoms with Crippen molar-refractivity contribution in [2.75, 3.05) is 5.73 Å². The number of anilines is 1. The Labute approximate surface area is 99.3 Å². The molecule has 1 aromatic carbocycles. The molecule has 0 aliphatic carbocycles. The van der Waals surface area contributed by atoms with Crippen LogP contribution >= 0.6 is 0 Å². The van der Waals surface area contributed by atoms with Gasteiger partial charge in [0.1, 0.15) is 5.69 Å². The van der Waals surface area contributed by atoms with E-state index >= 15 is 0 Å². The largest absolute Gasteiger partial charge is 0.399 e. The molecule has 0 saturated heterocycles. The molecular formula is C12H14N4O. The van der Waals surface area contributed by atoms with Crippen LogP contribution in [-0.2, 0) is 13.6 Å². The van der Waals surface area contributed by atoms with Crippen LogP contribution < -0.4 is 11.1 Å². The van der Waals surface area contributed by atoms with E-state index in [1.165, 1.54) is 0 Å². The lowest BCUT2D eigenvalue weighted by molar-refractivity contribution is 0.0946. The second-order valence-electron chi connectivity index (χ2n) is 3.85. The first-order valence-corrected chi connectivity index (χ1v) is 5.26. The molecule has 5 nitrogen and oxygen atoms in total. The fourth-order valence-corrected chi connectivity index (χ4v) is 1.44. The van der Waals surface area contributed by atoms with E-state index in [4.69, 9.17) is 5.73 Å². The summed E-state index contributed by atoms with van der Waals surface area (Å²) in [6.07, 6.45) is 3.27. The summed E-state index contributed by atoms with van der Waals surface area (Å²) >= 11 is 0. The van der Waals surface area contributed by atoms with Gasteiger partial charge in [-0.15, -0.1) is 0 Å². The molecule has 1 aromatic heterocycles.